The molecule has 3 aromatic rings. The fourth-order valence-corrected chi connectivity index (χ4v) is 2.38. The summed E-state index contributed by atoms with van der Waals surface area (Å²) in [4.78, 5) is 31.4. The van der Waals surface area contributed by atoms with Crippen molar-refractivity contribution in [3.63, 3.8) is 0 Å². The Morgan fingerprint density at radius 2 is 1.96 bits per heavy atom. The van der Waals surface area contributed by atoms with Gasteiger partial charge < -0.3 is 14.5 Å². The average molecular weight is 359 g/mol. The molecule has 3 rings (SSSR count). The smallest absolute Gasteiger partial charge is 0.343 e. The molecule has 0 saturated heterocycles. The highest BCUT2D eigenvalue weighted by atomic mass is 35.5. The number of aromatic nitrogens is 2. The summed E-state index contributed by atoms with van der Waals surface area (Å²) in [7, 11) is 0. The van der Waals surface area contributed by atoms with Crippen LogP contribution in [0.1, 0.15) is 22.8 Å². The van der Waals surface area contributed by atoms with E-state index >= 15 is 0 Å². The number of rotatable bonds is 5. The quantitative estimate of drug-likeness (QED) is 0.707. The highest BCUT2D eigenvalue weighted by Gasteiger charge is 2.15. The molecule has 0 amide bonds. The molecule has 0 fully saturated rings. The van der Waals surface area contributed by atoms with Gasteiger partial charge in [0.1, 0.15) is 17.7 Å². The van der Waals surface area contributed by atoms with E-state index < -0.39 is 11.4 Å². The van der Waals surface area contributed by atoms with E-state index in [1.807, 2.05) is 12.1 Å². The third-order valence-electron chi connectivity index (χ3n) is 3.50. The molecule has 2 heterocycles. The van der Waals surface area contributed by atoms with E-state index in [2.05, 4.69) is 9.97 Å². The minimum atomic E-state index is -0.681. The van der Waals surface area contributed by atoms with E-state index in [1.165, 1.54) is 6.20 Å². The molecule has 0 unspecified atom stereocenters. The molecular weight excluding hydrogens is 344 g/mol. The molecule has 0 radical (unpaired) electrons. The molecular formula is C18H15ClN2O4. The molecule has 0 bridgehead atoms. The normalized spacial score (nSPS) is 10.6. The first-order valence-electron chi connectivity index (χ1n) is 7.65. The lowest BCUT2D eigenvalue weighted by Crippen LogP contribution is -2.19. The fourth-order valence-electron chi connectivity index (χ4n) is 2.25. The second kappa shape index (κ2) is 7.36. The summed E-state index contributed by atoms with van der Waals surface area (Å²) in [5.74, 6) is -0.395. The van der Waals surface area contributed by atoms with Crippen LogP contribution in [-0.2, 0) is 11.3 Å². The van der Waals surface area contributed by atoms with Gasteiger partial charge in [0.25, 0.3) is 0 Å². The van der Waals surface area contributed by atoms with Gasteiger partial charge in [-0.05, 0) is 30.7 Å². The van der Waals surface area contributed by atoms with Gasteiger partial charge in [0.15, 0.2) is 0 Å². The van der Waals surface area contributed by atoms with Gasteiger partial charge in [0, 0.05) is 17.3 Å². The van der Waals surface area contributed by atoms with Crippen LogP contribution in [0.3, 0.4) is 0 Å². The van der Waals surface area contributed by atoms with Crippen molar-refractivity contribution in [2.45, 2.75) is 13.5 Å². The Morgan fingerprint density at radius 3 is 2.68 bits per heavy atom. The number of esters is 1. The van der Waals surface area contributed by atoms with Gasteiger partial charge >= 0.3 is 5.97 Å². The van der Waals surface area contributed by atoms with E-state index in [0.29, 0.717) is 10.5 Å². The average Bonchev–Trinajstić information content (AvgIpc) is 2.62. The highest BCUT2D eigenvalue weighted by Crippen LogP contribution is 2.15. The molecule has 128 valence electrons. The Balaban J connectivity index is 1.87. The highest BCUT2D eigenvalue weighted by molar-refractivity contribution is 6.30. The SMILES string of the molecule is CCOC(=O)c1c[nH]c2ccc(OCc3ccc(Cl)cc3)nc2c1=O. The Labute approximate surface area is 148 Å². The number of carbonyl (C=O) groups is 1. The molecule has 0 saturated carbocycles. The van der Waals surface area contributed by atoms with Crippen molar-refractivity contribution in [3.05, 3.63) is 69.0 Å². The first-order chi connectivity index (χ1) is 12.1. The summed E-state index contributed by atoms with van der Waals surface area (Å²) in [5.41, 5.74) is 0.970. The van der Waals surface area contributed by atoms with Crippen molar-refractivity contribution in [3.8, 4) is 5.88 Å². The number of aromatic amines is 1. The lowest BCUT2D eigenvalue weighted by Gasteiger charge is -2.07. The molecule has 0 aliphatic carbocycles. The zero-order chi connectivity index (χ0) is 17.8. The molecule has 7 heteroatoms. The van der Waals surface area contributed by atoms with E-state index in [4.69, 9.17) is 21.1 Å². The molecule has 1 aromatic carbocycles. The summed E-state index contributed by atoms with van der Waals surface area (Å²) in [6.45, 7) is 2.15. The Bertz CT molecular complexity index is 967. The molecule has 2 aromatic heterocycles. The van der Waals surface area contributed by atoms with Crippen LogP contribution in [0.2, 0.25) is 5.02 Å². The fraction of sp³-hybridized carbons (Fsp3) is 0.167. The number of benzene rings is 1. The maximum Gasteiger partial charge on any atom is 0.343 e. The van der Waals surface area contributed by atoms with Gasteiger partial charge in [0.05, 0.1) is 12.1 Å². The number of hydrogen-bond donors (Lipinski definition) is 1. The van der Waals surface area contributed by atoms with E-state index in [1.54, 1.807) is 31.2 Å². The van der Waals surface area contributed by atoms with Crippen LogP contribution in [0.15, 0.2) is 47.4 Å². The lowest BCUT2D eigenvalue weighted by atomic mass is 10.2. The summed E-state index contributed by atoms with van der Waals surface area (Å²) >= 11 is 5.85. The van der Waals surface area contributed by atoms with Crippen molar-refractivity contribution in [1.29, 1.82) is 0 Å². The minimum absolute atomic E-state index is 0.0864. The summed E-state index contributed by atoms with van der Waals surface area (Å²) in [5, 5.41) is 0.644. The van der Waals surface area contributed by atoms with Crippen LogP contribution in [-0.4, -0.2) is 22.5 Å². The molecule has 0 aliphatic heterocycles. The number of pyridine rings is 2. The van der Waals surface area contributed by atoms with Crippen LogP contribution in [0, 0.1) is 0 Å². The monoisotopic (exact) mass is 358 g/mol. The van der Waals surface area contributed by atoms with E-state index in [0.717, 1.165) is 5.56 Å². The Hall–Kier alpha value is -2.86. The molecule has 25 heavy (non-hydrogen) atoms. The zero-order valence-corrected chi connectivity index (χ0v) is 14.2. The van der Waals surface area contributed by atoms with Crippen LogP contribution in [0.4, 0.5) is 0 Å². The van der Waals surface area contributed by atoms with Crippen molar-refractivity contribution < 1.29 is 14.3 Å². The zero-order valence-electron chi connectivity index (χ0n) is 13.4. The number of carbonyl (C=O) groups excluding carboxylic acids is 1. The van der Waals surface area contributed by atoms with Crippen LogP contribution < -0.4 is 10.2 Å². The van der Waals surface area contributed by atoms with Crippen LogP contribution in [0.5, 0.6) is 5.88 Å². The van der Waals surface area contributed by atoms with Gasteiger partial charge in [-0.25, -0.2) is 9.78 Å². The number of ether oxygens (including phenoxy) is 2. The third kappa shape index (κ3) is 3.80. The van der Waals surface area contributed by atoms with Gasteiger partial charge in [-0.3, -0.25) is 4.79 Å². The number of halogens is 1. The summed E-state index contributed by atoms with van der Waals surface area (Å²) in [6.07, 6.45) is 1.33. The molecule has 1 N–H and O–H groups in total. The maximum atomic E-state index is 12.5. The lowest BCUT2D eigenvalue weighted by molar-refractivity contribution is 0.0524. The predicted molar refractivity (Wildman–Crippen MR) is 94.1 cm³/mol. The third-order valence-corrected chi connectivity index (χ3v) is 3.75. The molecule has 6 nitrogen and oxygen atoms in total. The Kier molecular flexibility index (Phi) is 5.00. The number of H-pyrrole nitrogens is 1. The first kappa shape index (κ1) is 17.0. The van der Waals surface area contributed by atoms with Gasteiger partial charge in [-0.2, -0.15) is 0 Å². The van der Waals surface area contributed by atoms with Crippen molar-refractivity contribution in [2.24, 2.45) is 0 Å². The number of nitrogens with one attached hydrogen (secondary N) is 1. The van der Waals surface area contributed by atoms with Crippen molar-refractivity contribution >= 4 is 28.6 Å². The molecule has 0 atom stereocenters. The summed E-state index contributed by atoms with van der Waals surface area (Å²) in [6, 6.07) is 10.5. The van der Waals surface area contributed by atoms with Crippen molar-refractivity contribution in [2.75, 3.05) is 6.61 Å². The van der Waals surface area contributed by atoms with Crippen molar-refractivity contribution in [1.82, 2.24) is 9.97 Å². The van der Waals surface area contributed by atoms with Gasteiger partial charge in [-0.1, -0.05) is 23.7 Å². The molecule has 0 spiro atoms. The van der Waals surface area contributed by atoms with Crippen LogP contribution >= 0.6 is 11.6 Å². The second-order valence-corrected chi connectivity index (χ2v) is 5.65. The standard InChI is InChI=1S/C18H15ClN2O4/c1-2-24-18(23)13-9-20-14-7-8-15(21-16(14)17(13)22)25-10-11-3-5-12(19)6-4-11/h3-9H,2,10H2,1H3,(H,20,22). The second-order valence-electron chi connectivity index (χ2n) is 5.21. The van der Waals surface area contributed by atoms with Crippen LogP contribution in [0.25, 0.3) is 11.0 Å². The first-order valence-corrected chi connectivity index (χ1v) is 8.03. The number of nitrogens with zero attached hydrogens (tertiary/aromatic N) is 1. The molecule has 0 aliphatic rings. The number of hydrogen-bond acceptors (Lipinski definition) is 5. The number of fused-ring (bicyclic) bond motifs is 1. The van der Waals surface area contributed by atoms with E-state index in [-0.39, 0.29) is 30.2 Å². The largest absolute Gasteiger partial charge is 0.473 e. The van der Waals surface area contributed by atoms with E-state index in [9.17, 15) is 9.59 Å². The minimum Gasteiger partial charge on any atom is -0.473 e. The predicted octanol–water partition coefficient (Wildman–Crippen LogP) is 3.33. The van der Waals surface area contributed by atoms with Gasteiger partial charge in [0.2, 0.25) is 11.3 Å². The Morgan fingerprint density at radius 1 is 1.20 bits per heavy atom. The summed E-state index contributed by atoms with van der Waals surface area (Å²) < 4.78 is 10.5. The maximum absolute atomic E-state index is 12.5. The topological polar surface area (TPSA) is 81.3 Å². The van der Waals surface area contributed by atoms with Gasteiger partial charge in [-0.15, -0.1) is 0 Å².